The molecule has 0 fully saturated rings. The number of ether oxygens (including phenoxy) is 1. The van der Waals surface area contributed by atoms with Crippen LogP contribution in [0.4, 0.5) is 0 Å². The Kier molecular flexibility index (Phi) is 4.56. The lowest BCUT2D eigenvalue weighted by Crippen LogP contribution is -2.22. The summed E-state index contributed by atoms with van der Waals surface area (Å²) in [6.45, 7) is 3.86. The van der Waals surface area contributed by atoms with Gasteiger partial charge in [0.25, 0.3) is 5.56 Å². The number of hydrogen-bond donors (Lipinski definition) is 1. The molecule has 0 aliphatic heterocycles. The van der Waals surface area contributed by atoms with Crippen molar-refractivity contribution in [3.8, 4) is 22.8 Å². The van der Waals surface area contributed by atoms with Crippen molar-refractivity contribution >= 4 is 34.0 Å². The average Bonchev–Trinajstić information content (AvgIpc) is 3.17. The van der Waals surface area contributed by atoms with Crippen LogP contribution in [-0.2, 0) is 0 Å². The van der Waals surface area contributed by atoms with Crippen LogP contribution in [0.25, 0.3) is 22.3 Å². The molecule has 0 amide bonds. The molecule has 8 heteroatoms. The van der Waals surface area contributed by atoms with Gasteiger partial charge in [0.05, 0.1) is 22.4 Å². The van der Waals surface area contributed by atoms with Crippen molar-refractivity contribution in [2.24, 2.45) is 0 Å². The highest BCUT2D eigenvalue weighted by atomic mass is 35.5. The third-order valence-corrected chi connectivity index (χ3v) is 5.52. The normalized spacial score (nSPS) is 12.1. The molecule has 0 saturated heterocycles. The number of aryl methyl sites for hydroxylation is 2. The molecule has 0 unspecified atom stereocenters. The summed E-state index contributed by atoms with van der Waals surface area (Å²) in [6, 6.07) is 7.09. The van der Waals surface area contributed by atoms with Gasteiger partial charge >= 0.3 is 0 Å². The van der Waals surface area contributed by atoms with E-state index >= 15 is 0 Å². The number of aromatic nitrogens is 3. The number of pyridine rings is 1. The Balaban J connectivity index is 1.82. The number of hydrogen-bond acceptors (Lipinski definition) is 6. The van der Waals surface area contributed by atoms with E-state index in [-0.39, 0.29) is 22.1 Å². The standard InChI is InChI=1S/C20H16ClN3O3S/c1-10-4-13(5-11(2)22-10)15-9-24-19(26)17(28-20(24)23-15)8-12-6-14(21)18(25)16(7-12)27-3/h4-9,25H,1-3H3/b17-8-. The van der Waals surface area contributed by atoms with Crippen LogP contribution >= 0.6 is 22.9 Å². The van der Waals surface area contributed by atoms with Gasteiger partial charge in [-0.25, -0.2) is 4.98 Å². The predicted octanol–water partition coefficient (Wildman–Crippen LogP) is 3.35. The fourth-order valence-electron chi connectivity index (χ4n) is 3.04. The molecule has 4 rings (SSSR count). The quantitative estimate of drug-likeness (QED) is 0.557. The summed E-state index contributed by atoms with van der Waals surface area (Å²) < 4.78 is 7.16. The molecule has 3 aromatic heterocycles. The van der Waals surface area contributed by atoms with Crippen LogP contribution in [0.2, 0.25) is 5.02 Å². The monoisotopic (exact) mass is 413 g/mol. The molecule has 142 valence electrons. The maximum Gasteiger partial charge on any atom is 0.274 e. The van der Waals surface area contributed by atoms with Crippen LogP contribution in [0.3, 0.4) is 0 Å². The Hall–Kier alpha value is -2.90. The zero-order chi connectivity index (χ0) is 20.0. The van der Waals surface area contributed by atoms with Crippen molar-refractivity contribution in [3.05, 3.63) is 67.3 Å². The molecule has 0 atom stereocenters. The molecule has 1 aromatic carbocycles. The summed E-state index contributed by atoms with van der Waals surface area (Å²) in [7, 11) is 1.44. The van der Waals surface area contributed by atoms with E-state index in [0.29, 0.717) is 15.1 Å². The fraction of sp³-hybridized carbons (Fsp3) is 0.150. The smallest absolute Gasteiger partial charge is 0.274 e. The minimum absolute atomic E-state index is 0.128. The first-order valence-electron chi connectivity index (χ1n) is 8.41. The van der Waals surface area contributed by atoms with Gasteiger partial charge in [0.2, 0.25) is 0 Å². The molecule has 0 aliphatic carbocycles. The van der Waals surface area contributed by atoms with Gasteiger partial charge in [0.15, 0.2) is 16.5 Å². The number of phenolic OH excluding ortho intramolecular Hbond substituents is 1. The van der Waals surface area contributed by atoms with E-state index in [4.69, 9.17) is 16.3 Å². The second kappa shape index (κ2) is 6.92. The van der Waals surface area contributed by atoms with E-state index in [0.717, 1.165) is 22.6 Å². The topological polar surface area (TPSA) is 76.7 Å². The zero-order valence-corrected chi connectivity index (χ0v) is 16.9. The first kappa shape index (κ1) is 18.5. The van der Waals surface area contributed by atoms with Crippen LogP contribution in [0.15, 0.2) is 35.3 Å². The Morgan fingerprint density at radius 2 is 1.89 bits per heavy atom. The van der Waals surface area contributed by atoms with Crippen LogP contribution in [0, 0.1) is 13.8 Å². The number of aromatic hydroxyl groups is 1. The fourth-order valence-corrected chi connectivity index (χ4v) is 4.21. The van der Waals surface area contributed by atoms with E-state index in [2.05, 4.69) is 9.97 Å². The van der Waals surface area contributed by atoms with Crippen molar-refractivity contribution < 1.29 is 9.84 Å². The lowest BCUT2D eigenvalue weighted by atomic mass is 10.1. The Bertz CT molecular complexity index is 1310. The molecule has 1 N–H and O–H groups in total. The second-order valence-corrected chi connectivity index (χ2v) is 7.80. The predicted molar refractivity (Wildman–Crippen MR) is 110 cm³/mol. The highest BCUT2D eigenvalue weighted by Crippen LogP contribution is 2.35. The van der Waals surface area contributed by atoms with Gasteiger partial charge in [-0.2, -0.15) is 0 Å². The van der Waals surface area contributed by atoms with Gasteiger partial charge in [-0.15, -0.1) is 0 Å². The molecular formula is C20H16ClN3O3S. The Morgan fingerprint density at radius 3 is 2.54 bits per heavy atom. The molecular weight excluding hydrogens is 398 g/mol. The van der Waals surface area contributed by atoms with Crippen molar-refractivity contribution in [2.75, 3.05) is 7.11 Å². The summed E-state index contributed by atoms with van der Waals surface area (Å²) >= 11 is 7.32. The molecule has 3 heterocycles. The number of rotatable bonds is 3. The van der Waals surface area contributed by atoms with Crippen LogP contribution < -0.4 is 14.8 Å². The van der Waals surface area contributed by atoms with Crippen molar-refractivity contribution in [3.63, 3.8) is 0 Å². The summed E-state index contributed by atoms with van der Waals surface area (Å²) in [5.74, 6) is 0.121. The molecule has 6 nitrogen and oxygen atoms in total. The van der Waals surface area contributed by atoms with Crippen molar-refractivity contribution in [1.82, 2.24) is 14.4 Å². The number of nitrogens with zero attached hydrogens (tertiary/aromatic N) is 3. The first-order chi connectivity index (χ1) is 13.4. The van der Waals surface area contributed by atoms with Crippen LogP contribution in [0.1, 0.15) is 17.0 Å². The van der Waals surface area contributed by atoms with Gasteiger partial charge in [-0.1, -0.05) is 22.9 Å². The number of thiazole rings is 1. The van der Waals surface area contributed by atoms with Gasteiger partial charge in [0.1, 0.15) is 0 Å². The maximum absolute atomic E-state index is 12.8. The molecule has 28 heavy (non-hydrogen) atoms. The third-order valence-electron chi connectivity index (χ3n) is 4.25. The first-order valence-corrected chi connectivity index (χ1v) is 9.61. The molecule has 0 spiro atoms. The SMILES string of the molecule is COc1cc(/C=c2\sc3nc(-c4cc(C)nc(C)c4)cn3c2=O)cc(Cl)c1O. The van der Waals surface area contributed by atoms with E-state index < -0.39 is 0 Å². The zero-order valence-electron chi connectivity index (χ0n) is 15.4. The molecule has 0 saturated carbocycles. The highest BCUT2D eigenvalue weighted by molar-refractivity contribution is 7.15. The minimum atomic E-state index is -0.163. The van der Waals surface area contributed by atoms with Crippen molar-refractivity contribution in [1.29, 1.82) is 0 Å². The number of methoxy groups -OCH3 is 1. The number of imidazole rings is 1. The van der Waals surface area contributed by atoms with E-state index in [1.165, 1.54) is 22.8 Å². The van der Waals surface area contributed by atoms with Gasteiger partial charge in [0, 0.05) is 23.1 Å². The van der Waals surface area contributed by atoms with Gasteiger partial charge < -0.3 is 9.84 Å². The van der Waals surface area contributed by atoms with E-state index in [1.807, 2.05) is 26.0 Å². The number of halogens is 1. The number of fused-ring (bicyclic) bond motifs is 1. The molecule has 0 aliphatic rings. The largest absolute Gasteiger partial charge is 0.503 e. The minimum Gasteiger partial charge on any atom is -0.503 e. The van der Waals surface area contributed by atoms with E-state index in [9.17, 15) is 9.90 Å². The number of benzene rings is 1. The summed E-state index contributed by atoms with van der Waals surface area (Å²) in [4.78, 5) is 22.4. The average molecular weight is 414 g/mol. The summed E-state index contributed by atoms with van der Waals surface area (Å²) in [6.07, 6.45) is 3.44. The third kappa shape index (κ3) is 3.23. The number of phenols is 1. The molecule has 0 bridgehead atoms. The lowest BCUT2D eigenvalue weighted by molar-refractivity contribution is 0.373. The van der Waals surface area contributed by atoms with Gasteiger partial charge in [-0.3, -0.25) is 14.2 Å². The highest BCUT2D eigenvalue weighted by Gasteiger charge is 2.12. The molecule has 0 radical (unpaired) electrons. The van der Waals surface area contributed by atoms with Crippen LogP contribution in [0.5, 0.6) is 11.5 Å². The van der Waals surface area contributed by atoms with E-state index in [1.54, 1.807) is 24.4 Å². The molecule has 4 aromatic rings. The Labute approximate surface area is 169 Å². The van der Waals surface area contributed by atoms with Crippen molar-refractivity contribution in [2.45, 2.75) is 13.8 Å². The van der Waals surface area contributed by atoms with Gasteiger partial charge in [-0.05, 0) is 49.8 Å². The summed E-state index contributed by atoms with van der Waals surface area (Å²) in [5, 5.41) is 10.0. The van der Waals surface area contributed by atoms with Crippen LogP contribution in [-0.4, -0.2) is 26.6 Å². The lowest BCUT2D eigenvalue weighted by Gasteiger charge is -2.05. The summed E-state index contributed by atoms with van der Waals surface area (Å²) in [5.41, 5.74) is 3.96. The second-order valence-electron chi connectivity index (χ2n) is 6.39. The Morgan fingerprint density at radius 1 is 1.18 bits per heavy atom. The maximum atomic E-state index is 12.8.